The van der Waals surface area contributed by atoms with Crippen molar-refractivity contribution in [2.24, 2.45) is 11.3 Å². The molecule has 0 N–H and O–H groups in total. The molecule has 0 aliphatic carbocycles. The number of hydrogen-bond acceptors (Lipinski definition) is 1. The Morgan fingerprint density at radius 3 is 2.58 bits per heavy atom. The van der Waals surface area contributed by atoms with E-state index in [1.807, 2.05) is 0 Å². The molecule has 0 spiro atoms. The van der Waals surface area contributed by atoms with Gasteiger partial charge in [-0.1, -0.05) is 20.8 Å². The van der Waals surface area contributed by atoms with Crippen LogP contribution < -0.4 is 0 Å². The van der Waals surface area contributed by atoms with Crippen LogP contribution in [0.2, 0.25) is 0 Å². The van der Waals surface area contributed by atoms with E-state index in [1.54, 1.807) is 0 Å². The Hall–Kier alpha value is 0.250. The van der Waals surface area contributed by atoms with Gasteiger partial charge in [0.25, 0.3) is 0 Å². The number of hydrogen-bond donors (Lipinski definition) is 0. The van der Waals surface area contributed by atoms with Crippen LogP contribution in [0.5, 0.6) is 0 Å². The van der Waals surface area contributed by atoms with E-state index in [-0.39, 0.29) is 0 Å². The molecule has 2 atom stereocenters. The molecular weight excluding hydrogens is 172 g/mol. The summed E-state index contributed by atoms with van der Waals surface area (Å²) in [6, 6.07) is 0. The molecule has 12 heavy (non-hydrogen) atoms. The van der Waals surface area contributed by atoms with Crippen LogP contribution in [0.15, 0.2) is 0 Å². The van der Waals surface area contributed by atoms with Crippen LogP contribution in [0.1, 0.15) is 33.6 Å². The first-order chi connectivity index (χ1) is 5.53. The van der Waals surface area contributed by atoms with Crippen molar-refractivity contribution in [2.45, 2.75) is 39.7 Å². The van der Waals surface area contributed by atoms with Crippen molar-refractivity contribution in [1.29, 1.82) is 0 Å². The van der Waals surface area contributed by atoms with E-state index in [0.29, 0.717) is 17.4 Å². The molecule has 0 aromatic heterocycles. The number of ether oxygens (including phenoxy) is 1. The van der Waals surface area contributed by atoms with E-state index in [2.05, 4.69) is 20.8 Å². The second-order valence-electron chi connectivity index (χ2n) is 4.88. The zero-order chi connectivity index (χ0) is 9.19. The second kappa shape index (κ2) is 3.97. The molecule has 1 saturated heterocycles. The quantitative estimate of drug-likeness (QED) is 0.609. The van der Waals surface area contributed by atoms with Gasteiger partial charge in [0.05, 0.1) is 6.10 Å². The van der Waals surface area contributed by atoms with Gasteiger partial charge in [-0.3, -0.25) is 0 Å². The van der Waals surface area contributed by atoms with Crippen LogP contribution >= 0.6 is 11.6 Å². The van der Waals surface area contributed by atoms with Crippen LogP contribution in [-0.2, 0) is 4.74 Å². The summed E-state index contributed by atoms with van der Waals surface area (Å²) in [4.78, 5) is 0. The summed E-state index contributed by atoms with van der Waals surface area (Å²) in [5.41, 5.74) is 0.360. The summed E-state index contributed by atoms with van der Waals surface area (Å²) < 4.78 is 5.65. The fourth-order valence-electron chi connectivity index (χ4n) is 1.70. The third kappa shape index (κ3) is 2.95. The Balaban J connectivity index is 2.41. The molecule has 0 amide bonds. The number of halogens is 1. The van der Waals surface area contributed by atoms with Gasteiger partial charge in [-0.05, 0) is 18.3 Å². The first-order valence-electron chi connectivity index (χ1n) is 4.70. The molecule has 0 bridgehead atoms. The summed E-state index contributed by atoms with van der Waals surface area (Å²) >= 11 is 5.85. The van der Waals surface area contributed by atoms with Gasteiger partial charge < -0.3 is 4.74 Å². The number of alkyl halides is 1. The molecule has 1 nitrogen and oxygen atoms in total. The fraction of sp³-hybridized carbons (Fsp3) is 1.00. The van der Waals surface area contributed by atoms with Crippen molar-refractivity contribution in [1.82, 2.24) is 0 Å². The maximum Gasteiger partial charge on any atom is 0.0620 e. The maximum absolute atomic E-state index is 5.85. The molecule has 1 aliphatic rings. The Morgan fingerprint density at radius 1 is 1.42 bits per heavy atom. The van der Waals surface area contributed by atoms with Crippen LogP contribution in [-0.4, -0.2) is 18.6 Å². The summed E-state index contributed by atoms with van der Waals surface area (Å²) in [6.45, 7) is 7.65. The van der Waals surface area contributed by atoms with Gasteiger partial charge in [0.15, 0.2) is 0 Å². The summed E-state index contributed by atoms with van der Waals surface area (Å²) in [7, 11) is 0. The van der Waals surface area contributed by atoms with Gasteiger partial charge in [-0.15, -0.1) is 11.6 Å². The highest BCUT2D eigenvalue weighted by Crippen LogP contribution is 2.32. The third-order valence-electron chi connectivity index (χ3n) is 2.36. The monoisotopic (exact) mass is 190 g/mol. The van der Waals surface area contributed by atoms with E-state index in [9.17, 15) is 0 Å². The molecule has 72 valence electrons. The van der Waals surface area contributed by atoms with Gasteiger partial charge in [0.2, 0.25) is 0 Å². The van der Waals surface area contributed by atoms with Gasteiger partial charge in [-0.2, -0.15) is 0 Å². The summed E-state index contributed by atoms with van der Waals surface area (Å²) in [5, 5.41) is 0. The van der Waals surface area contributed by atoms with Crippen molar-refractivity contribution in [3.63, 3.8) is 0 Å². The lowest BCUT2D eigenvalue weighted by Gasteiger charge is -2.25. The third-order valence-corrected chi connectivity index (χ3v) is 2.75. The lowest BCUT2D eigenvalue weighted by molar-refractivity contribution is 0.0601. The highest BCUT2D eigenvalue weighted by molar-refractivity contribution is 6.18. The van der Waals surface area contributed by atoms with Gasteiger partial charge in [0, 0.05) is 18.4 Å². The van der Waals surface area contributed by atoms with E-state index >= 15 is 0 Å². The molecule has 1 aliphatic heterocycles. The average molecular weight is 191 g/mol. The van der Waals surface area contributed by atoms with Crippen LogP contribution in [0.3, 0.4) is 0 Å². The molecule has 0 aromatic rings. The zero-order valence-electron chi connectivity index (χ0n) is 8.27. The Labute approximate surface area is 80.4 Å². The smallest absolute Gasteiger partial charge is 0.0620 e. The molecule has 1 fully saturated rings. The van der Waals surface area contributed by atoms with Crippen molar-refractivity contribution < 1.29 is 4.74 Å². The molecule has 1 heterocycles. The molecular formula is C10H19ClO. The molecule has 1 rings (SSSR count). The molecule has 0 aromatic carbocycles. The second-order valence-corrected chi connectivity index (χ2v) is 5.19. The van der Waals surface area contributed by atoms with Crippen LogP contribution in [0, 0.1) is 11.3 Å². The van der Waals surface area contributed by atoms with Crippen molar-refractivity contribution in [3.05, 3.63) is 0 Å². The zero-order valence-corrected chi connectivity index (χ0v) is 9.03. The topological polar surface area (TPSA) is 9.23 Å². The lowest BCUT2D eigenvalue weighted by Crippen LogP contribution is -2.23. The Bertz CT molecular complexity index is 139. The normalized spacial score (nSPS) is 31.0. The van der Waals surface area contributed by atoms with E-state index in [0.717, 1.165) is 25.3 Å². The minimum absolute atomic E-state index is 0.360. The van der Waals surface area contributed by atoms with Crippen molar-refractivity contribution in [2.75, 3.05) is 12.5 Å². The fourth-order valence-corrected chi connectivity index (χ4v) is 2.05. The molecule has 2 heteroatoms. The van der Waals surface area contributed by atoms with Crippen molar-refractivity contribution >= 4 is 11.6 Å². The lowest BCUT2D eigenvalue weighted by atomic mass is 9.85. The van der Waals surface area contributed by atoms with Crippen molar-refractivity contribution in [3.8, 4) is 0 Å². The maximum atomic E-state index is 5.85. The molecule has 2 unspecified atom stereocenters. The van der Waals surface area contributed by atoms with Crippen LogP contribution in [0.25, 0.3) is 0 Å². The predicted octanol–water partition coefficient (Wildman–Crippen LogP) is 3.07. The highest BCUT2D eigenvalue weighted by atomic mass is 35.5. The van der Waals surface area contributed by atoms with Gasteiger partial charge >= 0.3 is 0 Å². The Morgan fingerprint density at radius 2 is 2.08 bits per heavy atom. The average Bonchev–Trinajstić information content (AvgIpc) is 2.31. The summed E-state index contributed by atoms with van der Waals surface area (Å²) in [5.74, 6) is 1.34. The largest absolute Gasteiger partial charge is 0.378 e. The first kappa shape index (κ1) is 10.3. The standard InChI is InChI=1S/C10H19ClO/c1-10(2,3)6-9-8(7-11)4-5-12-9/h8-9H,4-7H2,1-3H3. The predicted molar refractivity (Wildman–Crippen MR) is 52.6 cm³/mol. The van der Waals surface area contributed by atoms with Gasteiger partial charge in [-0.25, -0.2) is 0 Å². The van der Waals surface area contributed by atoms with E-state index in [4.69, 9.17) is 16.3 Å². The van der Waals surface area contributed by atoms with Crippen LogP contribution in [0.4, 0.5) is 0 Å². The molecule has 0 radical (unpaired) electrons. The van der Waals surface area contributed by atoms with E-state index in [1.165, 1.54) is 0 Å². The minimum Gasteiger partial charge on any atom is -0.378 e. The highest BCUT2D eigenvalue weighted by Gasteiger charge is 2.30. The first-order valence-corrected chi connectivity index (χ1v) is 5.24. The summed E-state index contributed by atoms with van der Waals surface area (Å²) in [6.07, 6.45) is 2.68. The van der Waals surface area contributed by atoms with E-state index < -0.39 is 0 Å². The number of rotatable bonds is 2. The Kier molecular flexibility index (Phi) is 3.42. The minimum atomic E-state index is 0.360. The SMILES string of the molecule is CC(C)(C)CC1OCCC1CCl. The van der Waals surface area contributed by atoms with Gasteiger partial charge in [0.1, 0.15) is 0 Å². The molecule has 0 saturated carbocycles.